The van der Waals surface area contributed by atoms with Gasteiger partial charge in [0, 0.05) is 4.90 Å². The van der Waals surface area contributed by atoms with Crippen LogP contribution in [0, 0.1) is 6.92 Å². The molecule has 0 aliphatic heterocycles. The van der Waals surface area contributed by atoms with E-state index in [4.69, 9.17) is 0 Å². The second-order valence-corrected chi connectivity index (χ2v) is 4.80. The fourth-order valence-electron chi connectivity index (χ4n) is 0.979. The maximum Gasteiger partial charge on any atom is 0.125 e. The smallest absolute Gasteiger partial charge is 0.125 e. The summed E-state index contributed by atoms with van der Waals surface area (Å²) in [6, 6.07) is 4.82. The summed E-state index contributed by atoms with van der Waals surface area (Å²) in [6.45, 7) is 1.75. The van der Waals surface area contributed by atoms with E-state index in [1.165, 1.54) is 17.8 Å². The van der Waals surface area contributed by atoms with E-state index < -0.39 is 10.1 Å². The molecule has 5 heteroatoms. The Morgan fingerprint density at radius 3 is 2.46 bits per heavy atom. The number of benzene rings is 1. The van der Waals surface area contributed by atoms with Gasteiger partial charge in [-0.3, -0.25) is 0 Å². The first kappa shape index (κ1) is 10.6. The van der Waals surface area contributed by atoms with Crippen LogP contribution >= 0.6 is 11.8 Å². The Balaban J connectivity index is 3.41. The van der Waals surface area contributed by atoms with E-state index in [9.17, 15) is 13.0 Å². The molecule has 0 bridgehead atoms. The Hall–Kier alpha value is -0.520. The molecule has 0 fully saturated rings. The Morgan fingerprint density at radius 1 is 1.38 bits per heavy atom. The molecule has 0 amide bonds. The minimum Gasteiger partial charge on any atom is -0.744 e. The Bertz CT molecular complexity index is 409. The summed E-state index contributed by atoms with van der Waals surface area (Å²) in [5, 5.41) is 0. The number of thioether (sulfide) groups is 1. The molecule has 1 aromatic rings. The molecular formula is C8H9O3S2-. The maximum atomic E-state index is 10.8. The molecule has 0 heterocycles. The van der Waals surface area contributed by atoms with Gasteiger partial charge in [-0.25, -0.2) is 8.42 Å². The molecule has 0 saturated carbocycles. The van der Waals surface area contributed by atoms with Crippen molar-refractivity contribution < 1.29 is 13.0 Å². The number of hydrogen-bond acceptors (Lipinski definition) is 4. The highest BCUT2D eigenvalue weighted by molar-refractivity contribution is 7.99. The molecule has 0 spiro atoms. The van der Waals surface area contributed by atoms with Gasteiger partial charge in [0.1, 0.15) is 10.1 Å². The molecule has 0 aromatic heterocycles. The normalized spacial score (nSPS) is 11.6. The molecule has 0 unspecified atom stereocenters. The summed E-state index contributed by atoms with van der Waals surface area (Å²) < 4.78 is 32.4. The average Bonchev–Trinajstić information content (AvgIpc) is 2.03. The minimum atomic E-state index is -4.34. The van der Waals surface area contributed by atoms with Crippen LogP contribution in [0.4, 0.5) is 0 Å². The molecule has 3 nitrogen and oxygen atoms in total. The summed E-state index contributed by atoms with van der Waals surface area (Å²) in [7, 11) is -4.34. The van der Waals surface area contributed by atoms with Crippen LogP contribution in [0.2, 0.25) is 0 Å². The van der Waals surface area contributed by atoms with Crippen molar-refractivity contribution in [1.29, 1.82) is 0 Å². The predicted octanol–water partition coefficient (Wildman–Crippen LogP) is 1.62. The van der Waals surface area contributed by atoms with E-state index >= 15 is 0 Å². The van der Waals surface area contributed by atoms with Gasteiger partial charge in [-0.2, -0.15) is 0 Å². The fourth-order valence-corrected chi connectivity index (χ4v) is 2.64. The number of rotatable bonds is 2. The molecule has 0 aliphatic carbocycles. The Morgan fingerprint density at radius 2 is 2.00 bits per heavy atom. The first-order chi connectivity index (χ1) is 5.95. The summed E-state index contributed by atoms with van der Waals surface area (Å²) in [5.41, 5.74) is 0.771. The first-order valence-electron chi connectivity index (χ1n) is 3.55. The highest BCUT2D eigenvalue weighted by Crippen LogP contribution is 2.25. The lowest BCUT2D eigenvalue weighted by Crippen LogP contribution is -2.00. The van der Waals surface area contributed by atoms with Gasteiger partial charge >= 0.3 is 0 Å². The molecule has 0 radical (unpaired) electrons. The third-order valence-electron chi connectivity index (χ3n) is 1.59. The lowest BCUT2D eigenvalue weighted by molar-refractivity contribution is 0.461. The van der Waals surface area contributed by atoms with Gasteiger partial charge in [0.15, 0.2) is 0 Å². The number of hydrogen-bond donors (Lipinski definition) is 0. The van der Waals surface area contributed by atoms with Crippen LogP contribution in [0.5, 0.6) is 0 Å². The van der Waals surface area contributed by atoms with Crippen molar-refractivity contribution in [2.75, 3.05) is 6.26 Å². The van der Waals surface area contributed by atoms with E-state index in [2.05, 4.69) is 0 Å². The van der Waals surface area contributed by atoms with Crippen molar-refractivity contribution in [2.45, 2.75) is 16.7 Å². The molecule has 13 heavy (non-hydrogen) atoms. The third kappa shape index (κ3) is 2.46. The van der Waals surface area contributed by atoms with E-state index in [1.54, 1.807) is 25.3 Å². The van der Waals surface area contributed by atoms with Crippen LogP contribution in [0.1, 0.15) is 5.56 Å². The quantitative estimate of drug-likeness (QED) is 0.558. The van der Waals surface area contributed by atoms with Gasteiger partial charge in [-0.1, -0.05) is 6.07 Å². The molecule has 1 aromatic carbocycles. The van der Waals surface area contributed by atoms with Crippen molar-refractivity contribution in [2.24, 2.45) is 0 Å². The number of aryl methyl sites for hydroxylation is 1. The Labute approximate surface area is 81.9 Å². The van der Waals surface area contributed by atoms with Gasteiger partial charge in [-0.05, 0) is 30.9 Å². The summed E-state index contributed by atoms with van der Waals surface area (Å²) >= 11 is 1.25. The van der Waals surface area contributed by atoms with Gasteiger partial charge in [0.2, 0.25) is 0 Å². The Kier molecular flexibility index (Phi) is 3.00. The highest BCUT2D eigenvalue weighted by Gasteiger charge is 2.07. The standard InChI is InChI=1S/C8H10O3S2/c1-6-3-4-7(12-2)8(5-6)13(9,10)11/h3-5H,1-2H3,(H,9,10,11)/p-1. The molecule has 0 atom stereocenters. The third-order valence-corrected chi connectivity index (χ3v) is 3.39. The topological polar surface area (TPSA) is 57.2 Å². The molecule has 1 rings (SSSR count). The minimum absolute atomic E-state index is 0.125. The van der Waals surface area contributed by atoms with Crippen LogP contribution in [-0.4, -0.2) is 19.2 Å². The van der Waals surface area contributed by atoms with E-state index in [0.717, 1.165) is 5.56 Å². The SMILES string of the molecule is CSc1ccc(C)cc1S(=O)(=O)[O-]. The molecular weight excluding hydrogens is 208 g/mol. The average molecular weight is 217 g/mol. The van der Waals surface area contributed by atoms with Gasteiger partial charge < -0.3 is 4.55 Å². The first-order valence-corrected chi connectivity index (χ1v) is 6.19. The zero-order valence-corrected chi connectivity index (χ0v) is 8.91. The monoisotopic (exact) mass is 217 g/mol. The van der Waals surface area contributed by atoms with Crippen LogP contribution in [0.3, 0.4) is 0 Å². The molecule has 0 aliphatic rings. The van der Waals surface area contributed by atoms with Gasteiger partial charge in [0.25, 0.3) is 0 Å². The fraction of sp³-hybridized carbons (Fsp3) is 0.250. The molecule has 0 saturated heterocycles. The summed E-state index contributed by atoms with van der Waals surface area (Å²) in [6.07, 6.45) is 1.74. The second-order valence-electron chi connectivity index (χ2n) is 2.61. The zero-order valence-electron chi connectivity index (χ0n) is 7.27. The lowest BCUT2D eigenvalue weighted by atomic mass is 10.2. The lowest BCUT2D eigenvalue weighted by Gasteiger charge is -2.11. The largest absolute Gasteiger partial charge is 0.744 e. The van der Waals surface area contributed by atoms with Crippen molar-refractivity contribution in [1.82, 2.24) is 0 Å². The van der Waals surface area contributed by atoms with Gasteiger partial charge in [-0.15, -0.1) is 11.8 Å². The summed E-state index contributed by atoms with van der Waals surface area (Å²) in [5.74, 6) is 0. The predicted molar refractivity (Wildman–Crippen MR) is 50.9 cm³/mol. The van der Waals surface area contributed by atoms with Crippen LogP contribution in [-0.2, 0) is 10.1 Å². The van der Waals surface area contributed by atoms with Crippen molar-refractivity contribution >= 4 is 21.9 Å². The van der Waals surface area contributed by atoms with E-state index in [1.807, 2.05) is 0 Å². The van der Waals surface area contributed by atoms with Crippen molar-refractivity contribution in [3.63, 3.8) is 0 Å². The van der Waals surface area contributed by atoms with E-state index in [0.29, 0.717) is 4.90 Å². The highest BCUT2D eigenvalue weighted by atomic mass is 32.2. The zero-order chi connectivity index (χ0) is 10.1. The van der Waals surface area contributed by atoms with Gasteiger partial charge in [0.05, 0.1) is 4.90 Å². The maximum absolute atomic E-state index is 10.8. The van der Waals surface area contributed by atoms with Crippen molar-refractivity contribution in [3.05, 3.63) is 23.8 Å². The molecule has 72 valence electrons. The summed E-state index contributed by atoms with van der Waals surface area (Å²) in [4.78, 5) is 0.376. The molecule has 0 N–H and O–H groups in total. The van der Waals surface area contributed by atoms with E-state index in [-0.39, 0.29) is 4.90 Å². The second kappa shape index (κ2) is 3.69. The van der Waals surface area contributed by atoms with Crippen molar-refractivity contribution in [3.8, 4) is 0 Å². The van der Waals surface area contributed by atoms with Crippen LogP contribution in [0.25, 0.3) is 0 Å². The van der Waals surface area contributed by atoms with Crippen LogP contribution in [0.15, 0.2) is 28.0 Å². The van der Waals surface area contributed by atoms with Crippen LogP contribution < -0.4 is 0 Å².